The summed E-state index contributed by atoms with van der Waals surface area (Å²) in [4.78, 5) is 25.7. The van der Waals surface area contributed by atoms with Crippen LogP contribution in [0.25, 0.3) is 11.1 Å². The summed E-state index contributed by atoms with van der Waals surface area (Å²) in [5.41, 5.74) is 1.39. The van der Waals surface area contributed by atoms with Crippen LogP contribution in [0, 0.1) is 0 Å². The zero-order valence-corrected chi connectivity index (χ0v) is 10.1. The van der Waals surface area contributed by atoms with E-state index in [0.717, 1.165) is 17.3 Å². The number of amides is 1. The van der Waals surface area contributed by atoms with Crippen molar-refractivity contribution in [1.29, 1.82) is 0 Å². The van der Waals surface area contributed by atoms with Crippen molar-refractivity contribution in [2.75, 3.05) is 12.3 Å². The lowest BCUT2D eigenvalue weighted by molar-refractivity contribution is -0.137. The summed E-state index contributed by atoms with van der Waals surface area (Å²) in [6.07, 6.45) is 0. The van der Waals surface area contributed by atoms with Gasteiger partial charge >= 0.3 is 5.97 Å². The molecule has 2 rings (SSSR count). The molecule has 1 amide bonds. The van der Waals surface area contributed by atoms with Crippen LogP contribution >= 0.6 is 11.8 Å². The molecule has 0 bridgehead atoms. The normalized spacial score (nSPS) is 10.4. The number of thioether (sulfide) groups is 1. The maximum absolute atomic E-state index is 11.3. The first kappa shape index (κ1) is 12.4. The number of hydrogen-bond acceptors (Lipinski definition) is 5. The van der Waals surface area contributed by atoms with Gasteiger partial charge in [0.05, 0.1) is 5.75 Å². The molecule has 1 aromatic heterocycles. The largest absolute Gasteiger partial charge is 0.480 e. The Kier molecular flexibility index (Phi) is 3.83. The van der Waals surface area contributed by atoms with E-state index in [2.05, 4.69) is 10.3 Å². The van der Waals surface area contributed by atoms with Crippen LogP contribution in [0.4, 0.5) is 0 Å². The highest BCUT2D eigenvalue weighted by atomic mass is 32.2. The predicted molar refractivity (Wildman–Crippen MR) is 65.4 cm³/mol. The molecule has 0 aliphatic rings. The molecule has 0 spiro atoms. The molecular formula is C11H10N2O4S. The number of aromatic nitrogens is 1. The van der Waals surface area contributed by atoms with Gasteiger partial charge in [-0.25, -0.2) is 4.98 Å². The molecule has 0 aliphatic carbocycles. The Bertz CT molecular complexity index is 548. The molecule has 0 unspecified atom stereocenters. The molecule has 0 saturated carbocycles. The third-order valence-corrected chi connectivity index (χ3v) is 2.87. The number of fused-ring (bicyclic) bond motifs is 1. The average molecular weight is 266 g/mol. The van der Waals surface area contributed by atoms with Crippen LogP contribution < -0.4 is 5.32 Å². The van der Waals surface area contributed by atoms with Gasteiger partial charge in [-0.05, 0) is 12.1 Å². The molecule has 0 aliphatic heterocycles. The minimum atomic E-state index is -1.07. The maximum Gasteiger partial charge on any atom is 0.322 e. The van der Waals surface area contributed by atoms with E-state index in [1.54, 1.807) is 6.07 Å². The highest BCUT2D eigenvalue weighted by Crippen LogP contribution is 2.22. The molecular weight excluding hydrogens is 256 g/mol. The van der Waals surface area contributed by atoms with Crippen LogP contribution in [-0.4, -0.2) is 34.3 Å². The maximum atomic E-state index is 11.3. The summed E-state index contributed by atoms with van der Waals surface area (Å²) in [7, 11) is 0. The van der Waals surface area contributed by atoms with E-state index in [1.807, 2.05) is 18.2 Å². The molecule has 2 aromatic rings. The molecule has 0 atom stereocenters. The van der Waals surface area contributed by atoms with E-state index >= 15 is 0 Å². The summed E-state index contributed by atoms with van der Waals surface area (Å²) in [5, 5.41) is 11.0. The van der Waals surface area contributed by atoms with Gasteiger partial charge in [0.1, 0.15) is 12.1 Å². The second-order valence-electron chi connectivity index (χ2n) is 3.41. The number of oxazole rings is 1. The quantitative estimate of drug-likeness (QED) is 0.788. The van der Waals surface area contributed by atoms with Crippen molar-refractivity contribution >= 4 is 34.7 Å². The zero-order chi connectivity index (χ0) is 13.0. The van der Waals surface area contributed by atoms with E-state index in [4.69, 9.17) is 9.52 Å². The fraction of sp³-hybridized carbons (Fsp3) is 0.182. The first-order valence-corrected chi connectivity index (χ1v) is 6.10. The standard InChI is InChI=1S/C11H10N2O4S/c14-9(12-5-10(15)16)6-18-11-13-7-3-1-2-4-8(7)17-11/h1-4H,5-6H2,(H,12,14)(H,15,16). The predicted octanol–water partition coefficient (Wildman–Crippen LogP) is 1.12. The minimum Gasteiger partial charge on any atom is -0.480 e. The smallest absolute Gasteiger partial charge is 0.322 e. The highest BCUT2D eigenvalue weighted by molar-refractivity contribution is 7.99. The van der Waals surface area contributed by atoms with Crippen LogP contribution in [-0.2, 0) is 9.59 Å². The summed E-state index contributed by atoms with van der Waals surface area (Å²) >= 11 is 1.12. The molecule has 0 radical (unpaired) electrons. The van der Waals surface area contributed by atoms with Crippen LogP contribution in [0.3, 0.4) is 0 Å². The summed E-state index contributed by atoms with van der Waals surface area (Å²) in [5.74, 6) is -1.38. The lowest BCUT2D eigenvalue weighted by Crippen LogP contribution is -2.30. The summed E-state index contributed by atoms with van der Waals surface area (Å²) in [6.45, 7) is -0.382. The van der Waals surface area contributed by atoms with Crippen LogP contribution in [0.5, 0.6) is 0 Å². The third-order valence-electron chi connectivity index (χ3n) is 2.04. The number of carbonyl (C=O) groups is 2. The van der Waals surface area contributed by atoms with Gasteiger partial charge < -0.3 is 14.8 Å². The van der Waals surface area contributed by atoms with Crippen molar-refractivity contribution in [3.63, 3.8) is 0 Å². The van der Waals surface area contributed by atoms with E-state index in [1.165, 1.54) is 0 Å². The molecule has 2 N–H and O–H groups in total. The Balaban J connectivity index is 1.90. The molecule has 6 nitrogen and oxygen atoms in total. The van der Waals surface area contributed by atoms with Gasteiger partial charge in [-0.2, -0.15) is 0 Å². The van der Waals surface area contributed by atoms with Gasteiger partial charge in [-0.3, -0.25) is 9.59 Å². The Labute approximate surface area is 106 Å². The second-order valence-corrected chi connectivity index (χ2v) is 4.33. The number of aliphatic carboxylic acids is 1. The molecule has 7 heteroatoms. The van der Waals surface area contributed by atoms with Crippen LogP contribution in [0.1, 0.15) is 0 Å². The lowest BCUT2D eigenvalue weighted by Gasteiger charge is -1.99. The van der Waals surface area contributed by atoms with Crippen molar-refractivity contribution in [2.24, 2.45) is 0 Å². The number of nitrogens with zero attached hydrogens (tertiary/aromatic N) is 1. The van der Waals surface area contributed by atoms with Gasteiger partial charge in [0.25, 0.3) is 5.22 Å². The Morgan fingerprint density at radius 2 is 2.17 bits per heavy atom. The first-order valence-electron chi connectivity index (χ1n) is 5.12. The lowest BCUT2D eigenvalue weighted by atomic mass is 10.3. The van der Waals surface area contributed by atoms with Gasteiger partial charge in [-0.1, -0.05) is 23.9 Å². The number of benzene rings is 1. The molecule has 0 fully saturated rings. The Morgan fingerprint density at radius 1 is 1.39 bits per heavy atom. The summed E-state index contributed by atoms with van der Waals surface area (Å²) < 4.78 is 5.40. The minimum absolute atomic E-state index is 0.0695. The topological polar surface area (TPSA) is 92.4 Å². The second kappa shape index (κ2) is 5.54. The van der Waals surface area contributed by atoms with Gasteiger partial charge in [0.2, 0.25) is 5.91 Å². The van der Waals surface area contributed by atoms with Crippen LogP contribution in [0.15, 0.2) is 33.9 Å². The van der Waals surface area contributed by atoms with Crippen molar-refractivity contribution < 1.29 is 19.1 Å². The fourth-order valence-electron chi connectivity index (χ4n) is 1.27. The number of hydrogen-bond donors (Lipinski definition) is 2. The third kappa shape index (κ3) is 3.24. The highest BCUT2D eigenvalue weighted by Gasteiger charge is 2.09. The number of carboxylic acid groups (broad SMARTS) is 1. The molecule has 1 heterocycles. The van der Waals surface area contributed by atoms with Gasteiger partial charge in [0, 0.05) is 0 Å². The van der Waals surface area contributed by atoms with E-state index in [9.17, 15) is 9.59 Å². The summed E-state index contributed by atoms with van der Waals surface area (Å²) in [6, 6.07) is 7.28. The number of carbonyl (C=O) groups excluding carboxylic acids is 1. The van der Waals surface area contributed by atoms with E-state index < -0.39 is 5.97 Å². The van der Waals surface area contributed by atoms with E-state index in [-0.39, 0.29) is 18.2 Å². The van der Waals surface area contributed by atoms with E-state index in [0.29, 0.717) is 10.8 Å². The molecule has 18 heavy (non-hydrogen) atoms. The van der Waals surface area contributed by atoms with Crippen molar-refractivity contribution in [3.05, 3.63) is 24.3 Å². The van der Waals surface area contributed by atoms with Gasteiger partial charge in [0.15, 0.2) is 5.58 Å². The number of rotatable bonds is 5. The van der Waals surface area contributed by atoms with Crippen LogP contribution in [0.2, 0.25) is 0 Å². The van der Waals surface area contributed by atoms with Crippen molar-refractivity contribution in [2.45, 2.75) is 5.22 Å². The SMILES string of the molecule is O=C(O)CNC(=O)CSc1nc2ccccc2o1. The number of carboxylic acids is 1. The first-order chi connectivity index (χ1) is 8.65. The van der Waals surface area contributed by atoms with Crippen molar-refractivity contribution in [3.8, 4) is 0 Å². The van der Waals surface area contributed by atoms with Crippen molar-refractivity contribution in [1.82, 2.24) is 10.3 Å². The Morgan fingerprint density at radius 3 is 2.89 bits per heavy atom. The number of para-hydroxylation sites is 2. The monoisotopic (exact) mass is 266 g/mol. The Hall–Kier alpha value is -2.02. The average Bonchev–Trinajstić information content (AvgIpc) is 2.76. The zero-order valence-electron chi connectivity index (χ0n) is 9.25. The molecule has 0 saturated heterocycles. The molecule has 1 aromatic carbocycles. The number of nitrogens with one attached hydrogen (secondary N) is 1. The molecule has 94 valence electrons. The van der Waals surface area contributed by atoms with Gasteiger partial charge in [-0.15, -0.1) is 0 Å². The fourth-order valence-corrected chi connectivity index (χ4v) is 1.93.